The third kappa shape index (κ3) is 2.44. The molecule has 0 radical (unpaired) electrons. The summed E-state index contributed by atoms with van der Waals surface area (Å²) < 4.78 is 5.39. The largest absolute Gasteiger partial charge is 0.496 e. The molecule has 1 aromatic rings. The molecule has 1 aliphatic rings. The van der Waals surface area contributed by atoms with Gasteiger partial charge < -0.3 is 4.74 Å². The van der Waals surface area contributed by atoms with Crippen molar-refractivity contribution >= 4 is 0 Å². The van der Waals surface area contributed by atoms with E-state index < -0.39 is 0 Å². The molecule has 2 heteroatoms. The molecule has 0 N–H and O–H groups in total. The number of aryl methyl sites for hydroxylation is 1. The van der Waals surface area contributed by atoms with Crippen molar-refractivity contribution in [1.29, 1.82) is 5.26 Å². The molecule has 0 bridgehead atoms. The Hall–Kier alpha value is -1.49. The zero-order valence-corrected chi connectivity index (χ0v) is 10.6. The Bertz CT molecular complexity index is 439. The minimum absolute atomic E-state index is 0.152. The predicted octanol–water partition coefficient (Wildman–Crippen LogP) is 3.63. The van der Waals surface area contributed by atoms with Crippen LogP contribution in [0.15, 0.2) is 18.2 Å². The van der Waals surface area contributed by atoms with Gasteiger partial charge >= 0.3 is 0 Å². The number of methoxy groups -OCH3 is 1. The highest BCUT2D eigenvalue weighted by Gasteiger charge is 2.34. The number of benzene rings is 1. The van der Waals surface area contributed by atoms with Gasteiger partial charge in [0.1, 0.15) is 5.75 Å². The van der Waals surface area contributed by atoms with Crippen molar-refractivity contribution in [3.8, 4) is 11.8 Å². The normalized spacial score (nSPS) is 17.7. The smallest absolute Gasteiger partial charge is 0.122 e. The summed E-state index contributed by atoms with van der Waals surface area (Å²) >= 11 is 0. The standard InChI is InChI=1S/C15H19NO/c1-12-5-6-14(17-2)13(9-12)10-15(11-16)7-3-4-8-15/h5-6,9H,3-4,7-8,10H2,1-2H3. The van der Waals surface area contributed by atoms with Crippen LogP contribution in [0.1, 0.15) is 36.8 Å². The van der Waals surface area contributed by atoms with Crippen LogP contribution < -0.4 is 4.74 Å². The van der Waals surface area contributed by atoms with Crippen LogP contribution in [-0.4, -0.2) is 7.11 Å². The first-order chi connectivity index (χ1) is 8.19. The summed E-state index contributed by atoms with van der Waals surface area (Å²) in [4.78, 5) is 0. The van der Waals surface area contributed by atoms with Crippen molar-refractivity contribution < 1.29 is 4.74 Å². The molecule has 1 fully saturated rings. The number of nitriles is 1. The summed E-state index contributed by atoms with van der Waals surface area (Å²) in [6.07, 6.45) is 5.25. The van der Waals surface area contributed by atoms with Gasteiger partial charge in [-0.05, 0) is 37.8 Å². The fourth-order valence-corrected chi connectivity index (χ4v) is 2.79. The van der Waals surface area contributed by atoms with Crippen LogP contribution >= 0.6 is 0 Å². The summed E-state index contributed by atoms with van der Waals surface area (Å²) in [5.74, 6) is 0.914. The van der Waals surface area contributed by atoms with Crippen molar-refractivity contribution in [3.05, 3.63) is 29.3 Å². The lowest BCUT2D eigenvalue weighted by molar-refractivity contribution is 0.378. The SMILES string of the molecule is COc1ccc(C)cc1CC1(C#N)CCCC1. The Morgan fingerprint density at radius 3 is 2.65 bits per heavy atom. The summed E-state index contributed by atoms with van der Waals surface area (Å²) in [6.45, 7) is 2.08. The number of rotatable bonds is 3. The van der Waals surface area contributed by atoms with Gasteiger partial charge in [0.15, 0.2) is 0 Å². The molecular formula is C15H19NO. The quantitative estimate of drug-likeness (QED) is 0.793. The van der Waals surface area contributed by atoms with E-state index in [2.05, 4.69) is 25.1 Å². The van der Waals surface area contributed by atoms with E-state index >= 15 is 0 Å². The Balaban J connectivity index is 2.28. The monoisotopic (exact) mass is 229 g/mol. The first kappa shape index (κ1) is 12.0. The maximum absolute atomic E-state index is 9.42. The second kappa shape index (κ2) is 4.79. The minimum atomic E-state index is -0.152. The minimum Gasteiger partial charge on any atom is -0.496 e. The maximum atomic E-state index is 9.42. The highest BCUT2D eigenvalue weighted by Crippen LogP contribution is 2.41. The van der Waals surface area contributed by atoms with Crippen LogP contribution in [0.2, 0.25) is 0 Å². The van der Waals surface area contributed by atoms with Crippen LogP contribution in [0.5, 0.6) is 5.75 Å². The number of nitrogens with zero attached hydrogens (tertiary/aromatic N) is 1. The van der Waals surface area contributed by atoms with Gasteiger partial charge in [0.25, 0.3) is 0 Å². The first-order valence-corrected chi connectivity index (χ1v) is 6.24. The van der Waals surface area contributed by atoms with Gasteiger partial charge in [-0.15, -0.1) is 0 Å². The van der Waals surface area contributed by atoms with Crippen molar-refractivity contribution in [3.63, 3.8) is 0 Å². The third-order valence-electron chi connectivity index (χ3n) is 3.76. The lowest BCUT2D eigenvalue weighted by Gasteiger charge is -2.21. The highest BCUT2D eigenvalue weighted by atomic mass is 16.5. The molecule has 17 heavy (non-hydrogen) atoms. The van der Waals surface area contributed by atoms with Crippen molar-refractivity contribution in [1.82, 2.24) is 0 Å². The van der Waals surface area contributed by atoms with E-state index in [1.807, 2.05) is 6.07 Å². The number of ether oxygens (including phenoxy) is 1. The van der Waals surface area contributed by atoms with E-state index in [1.54, 1.807) is 7.11 Å². The molecule has 0 aliphatic heterocycles. The summed E-state index contributed by atoms with van der Waals surface area (Å²) in [7, 11) is 1.70. The van der Waals surface area contributed by atoms with Gasteiger partial charge in [0, 0.05) is 0 Å². The fourth-order valence-electron chi connectivity index (χ4n) is 2.79. The molecule has 90 valence electrons. The van der Waals surface area contributed by atoms with Gasteiger partial charge in [0.05, 0.1) is 18.6 Å². The van der Waals surface area contributed by atoms with E-state index in [-0.39, 0.29) is 5.41 Å². The van der Waals surface area contributed by atoms with Gasteiger partial charge in [-0.3, -0.25) is 0 Å². The molecule has 0 unspecified atom stereocenters. The second-order valence-electron chi connectivity index (χ2n) is 5.09. The molecule has 0 amide bonds. The Morgan fingerprint density at radius 2 is 2.06 bits per heavy atom. The molecule has 0 saturated heterocycles. The molecule has 1 aromatic carbocycles. The molecule has 1 aliphatic carbocycles. The van der Waals surface area contributed by atoms with Crippen LogP contribution in [-0.2, 0) is 6.42 Å². The molecule has 0 atom stereocenters. The van der Waals surface area contributed by atoms with Crippen LogP contribution in [0.3, 0.4) is 0 Å². The van der Waals surface area contributed by atoms with Crippen molar-refractivity contribution in [2.45, 2.75) is 39.0 Å². The van der Waals surface area contributed by atoms with E-state index in [9.17, 15) is 5.26 Å². The van der Waals surface area contributed by atoms with Gasteiger partial charge in [-0.1, -0.05) is 30.5 Å². The fraction of sp³-hybridized carbons (Fsp3) is 0.533. The van der Waals surface area contributed by atoms with Crippen LogP contribution in [0.4, 0.5) is 0 Å². The third-order valence-corrected chi connectivity index (χ3v) is 3.76. The van der Waals surface area contributed by atoms with Gasteiger partial charge in [0.2, 0.25) is 0 Å². The lowest BCUT2D eigenvalue weighted by atomic mass is 9.81. The Morgan fingerprint density at radius 1 is 1.35 bits per heavy atom. The predicted molar refractivity (Wildman–Crippen MR) is 67.9 cm³/mol. The summed E-state index contributed by atoms with van der Waals surface area (Å²) in [5.41, 5.74) is 2.25. The zero-order chi connectivity index (χ0) is 12.3. The molecule has 0 spiro atoms. The average Bonchev–Trinajstić information content (AvgIpc) is 2.79. The average molecular weight is 229 g/mol. The van der Waals surface area contributed by atoms with E-state index in [1.165, 1.54) is 24.0 Å². The topological polar surface area (TPSA) is 33.0 Å². The molecular weight excluding hydrogens is 210 g/mol. The molecule has 2 nitrogen and oxygen atoms in total. The molecule has 0 heterocycles. The van der Waals surface area contributed by atoms with E-state index in [0.717, 1.165) is 25.0 Å². The summed E-state index contributed by atoms with van der Waals surface area (Å²) in [5, 5.41) is 9.42. The van der Waals surface area contributed by atoms with Crippen LogP contribution in [0.25, 0.3) is 0 Å². The Labute approximate surface area is 103 Å². The molecule has 2 rings (SSSR count). The van der Waals surface area contributed by atoms with E-state index in [0.29, 0.717) is 0 Å². The van der Waals surface area contributed by atoms with Gasteiger partial charge in [-0.2, -0.15) is 5.26 Å². The van der Waals surface area contributed by atoms with Crippen molar-refractivity contribution in [2.24, 2.45) is 5.41 Å². The number of hydrogen-bond acceptors (Lipinski definition) is 2. The van der Waals surface area contributed by atoms with Crippen LogP contribution in [0, 0.1) is 23.7 Å². The van der Waals surface area contributed by atoms with Gasteiger partial charge in [-0.25, -0.2) is 0 Å². The number of hydrogen-bond donors (Lipinski definition) is 0. The van der Waals surface area contributed by atoms with E-state index in [4.69, 9.17) is 4.74 Å². The second-order valence-corrected chi connectivity index (χ2v) is 5.09. The molecule has 0 aromatic heterocycles. The van der Waals surface area contributed by atoms with Crippen molar-refractivity contribution in [2.75, 3.05) is 7.11 Å². The first-order valence-electron chi connectivity index (χ1n) is 6.24. The molecule has 1 saturated carbocycles. The Kier molecular flexibility index (Phi) is 3.38. The highest BCUT2D eigenvalue weighted by molar-refractivity contribution is 5.38. The lowest BCUT2D eigenvalue weighted by Crippen LogP contribution is -2.17. The maximum Gasteiger partial charge on any atom is 0.122 e. The zero-order valence-electron chi connectivity index (χ0n) is 10.6. The summed E-state index contributed by atoms with van der Waals surface area (Å²) in [6, 6.07) is 8.75.